The van der Waals surface area contributed by atoms with Gasteiger partial charge in [-0.05, 0) is 50.2 Å². The summed E-state index contributed by atoms with van der Waals surface area (Å²) in [6.07, 6.45) is 2.76. The van der Waals surface area contributed by atoms with Gasteiger partial charge in [-0.3, -0.25) is 4.79 Å². The molecule has 0 saturated carbocycles. The highest BCUT2D eigenvalue weighted by Crippen LogP contribution is 2.20. The van der Waals surface area contributed by atoms with Crippen LogP contribution < -0.4 is 15.4 Å². The summed E-state index contributed by atoms with van der Waals surface area (Å²) in [4.78, 5) is 16.3. The van der Waals surface area contributed by atoms with E-state index in [1.165, 1.54) is 0 Å². The van der Waals surface area contributed by atoms with E-state index in [0.29, 0.717) is 24.6 Å². The number of methoxy groups -OCH3 is 1. The fraction of sp³-hybridized carbons (Fsp3) is 0.471. The first-order valence-corrected chi connectivity index (χ1v) is 8.21. The van der Waals surface area contributed by atoms with Gasteiger partial charge in [0.05, 0.1) is 7.11 Å². The van der Waals surface area contributed by atoms with Crippen molar-refractivity contribution >= 4 is 18.3 Å². The second-order valence-corrected chi connectivity index (χ2v) is 5.83. The summed E-state index contributed by atoms with van der Waals surface area (Å²) < 4.78 is 10.4. The van der Waals surface area contributed by atoms with Crippen LogP contribution in [0.5, 0.6) is 5.75 Å². The Morgan fingerprint density at radius 2 is 2.04 bits per heavy atom. The number of carbonyl (C=O) groups excluding carboxylic acids is 1. The Morgan fingerprint density at radius 3 is 2.72 bits per heavy atom. The van der Waals surface area contributed by atoms with E-state index < -0.39 is 0 Å². The topological polar surface area (TPSA) is 89.3 Å². The molecule has 0 radical (unpaired) electrons. The third kappa shape index (κ3) is 5.44. The van der Waals surface area contributed by atoms with Crippen LogP contribution >= 0.6 is 12.4 Å². The number of nitrogens with one attached hydrogen (secondary N) is 2. The molecule has 1 aliphatic heterocycles. The Bertz CT molecular complexity index is 669. The maximum atomic E-state index is 12.0. The zero-order valence-electron chi connectivity index (χ0n) is 14.2. The standard InChI is InChI=1S/C17H22N4O3.ClH/c1-23-14-4-2-12(3-5-14)17-20-16(24-21-17)7-6-15(22)19-13-8-10-18-11-9-13;/h2-5,13,18H,6-11H2,1H3,(H,19,22);1H. The van der Waals surface area contributed by atoms with E-state index in [4.69, 9.17) is 9.26 Å². The number of piperidine rings is 1. The molecule has 7 nitrogen and oxygen atoms in total. The van der Waals surface area contributed by atoms with Gasteiger partial charge in [-0.2, -0.15) is 4.98 Å². The molecule has 0 spiro atoms. The van der Waals surface area contributed by atoms with E-state index in [1.807, 2.05) is 24.3 Å². The molecule has 1 aromatic carbocycles. The Morgan fingerprint density at radius 1 is 1.32 bits per heavy atom. The Hall–Kier alpha value is -2.12. The molecular weight excluding hydrogens is 344 g/mol. The number of halogens is 1. The van der Waals surface area contributed by atoms with Gasteiger partial charge in [0.1, 0.15) is 5.75 Å². The predicted octanol–water partition coefficient (Wildman–Crippen LogP) is 1.97. The van der Waals surface area contributed by atoms with Crippen LogP contribution in [-0.2, 0) is 11.2 Å². The molecule has 1 saturated heterocycles. The zero-order valence-corrected chi connectivity index (χ0v) is 15.0. The van der Waals surface area contributed by atoms with Crippen molar-refractivity contribution in [2.75, 3.05) is 20.2 Å². The minimum absolute atomic E-state index is 0. The van der Waals surface area contributed by atoms with E-state index >= 15 is 0 Å². The predicted molar refractivity (Wildman–Crippen MR) is 95.9 cm³/mol. The smallest absolute Gasteiger partial charge is 0.227 e. The first-order chi connectivity index (χ1) is 11.7. The van der Waals surface area contributed by atoms with Gasteiger partial charge in [0.15, 0.2) is 0 Å². The van der Waals surface area contributed by atoms with Crippen molar-refractivity contribution in [3.05, 3.63) is 30.2 Å². The van der Waals surface area contributed by atoms with Crippen LogP contribution in [0.1, 0.15) is 25.2 Å². The van der Waals surface area contributed by atoms with Crippen LogP contribution in [0.3, 0.4) is 0 Å². The van der Waals surface area contributed by atoms with Gasteiger partial charge in [0.2, 0.25) is 17.6 Å². The summed E-state index contributed by atoms with van der Waals surface area (Å²) in [7, 11) is 1.62. The fourth-order valence-electron chi connectivity index (χ4n) is 2.70. The highest BCUT2D eigenvalue weighted by Gasteiger charge is 2.16. The van der Waals surface area contributed by atoms with Crippen molar-refractivity contribution in [3.63, 3.8) is 0 Å². The van der Waals surface area contributed by atoms with Crippen molar-refractivity contribution in [2.45, 2.75) is 31.7 Å². The molecule has 25 heavy (non-hydrogen) atoms. The van der Waals surface area contributed by atoms with Crippen LogP contribution in [0.2, 0.25) is 0 Å². The number of aromatic nitrogens is 2. The average Bonchev–Trinajstić information content (AvgIpc) is 3.10. The SMILES string of the molecule is COc1ccc(-c2noc(CCC(=O)NC3CCNCC3)n2)cc1.Cl. The molecule has 0 unspecified atom stereocenters. The van der Waals surface area contributed by atoms with Gasteiger partial charge in [0.25, 0.3) is 0 Å². The minimum Gasteiger partial charge on any atom is -0.497 e. The van der Waals surface area contributed by atoms with Crippen LogP contribution in [-0.4, -0.2) is 42.3 Å². The van der Waals surface area contributed by atoms with Crippen LogP contribution in [0.15, 0.2) is 28.8 Å². The third-order valence-corrected chi connectivity index (χ3v) is 4.09. The summed E-state index contributed by atoms with van der Waals surface area (Å²) in [5, 5.41) is 10.3. The van der Waals surface area contributed by atoms with E-state index in [2.05, 4.69) is 20.8 Å². The maximum absolute atomic E-state index is 12.0. The number of hydrogen-bond donors (Lipinski definition) is 2. The molecular formula is C17H23ClN4O3. The Balaban J connectivity index is 0.00000225. The van der Waals surface area contributed by atoms with Crippen LogP contribution in [0.4, 0.5) is 0 Å². The molecule has 8 heteroatoms. The number of hydrogen-bond acceptors (Lipinski definition) is 6. The second-order valence-electron chi connectivity index (χ2n) is 5.83. The zero-order chi connectivity index (χ0) is 16.8. The molecule has 0 atom stereocenters. The lowest BCUT2D eigenvalue weighted by molar-refractivity contribution is -0.122. The lowest BCUT2D eigenvalue weighted by atomic mass is 10.1. The molecule has 0 bridgehead atoms. The number of amides is 1. The minimum atomic E-state index is 0. The molecule has 1 fully saturated rings. The largest absolute Gasteiger partial charge is 0.497 e. The molecule has 1 aromatic heterocycles. The van der Waals surface area contributed by atoms with Gasteiger partial charge in [-0.1, -0.05) is 5.16 Å². The molecule has 3 rings (SSSR count). The van der Waals surface area contributed by atoms with E-state index in [-0.39, 0.29) is 24.4 Å². The maximum Gasteiger partial charge on any atom is 0.227 e. The third-order valence-electron chi connectivity index (χ3n) is 4.09. The molecule has 136 valence electrons. The molecule has 1 amide bonds. The highest BCUT2D eigenvalue weighted by atomic mass is 35.5. The molecule has 1 aliphatic rings. The number of rotatable bonds is 6. The van der Waals surface area contributed by atoms with Crippen molar-refractivity contribution in [1.29, 1.82) is 0 Å². The van der Waals surface area contributed by atoms with Crippen LogP contribution in [0.25, 0.3) is 11.4 Å². The lowest BCUT2D eigenvalue weighted by Crippen LogP contribution is -2.42. The number of carbonyl (C=O) groups is 1. The molecule has 2 aromatic rings. The molecule has 2 heterocycles. The summed E-state index contributed by atoms with van der Waals surface area (Å²) in [6.45, 7) is 1.92. The Kier molecular flexibility index (Phi) is 7.21. The van der Waals surface area contributed by atoms with E-state index in [0.717, 1.165) is 37.2 Å². The first-order valence-electron chi connectivity index (χ1n) is 8.21. The molecule has 2 N–H and O–H groups in total. The van der Waals surface area contributed by atoms with Crippen molar-refractivity contribution in [1.82, 2.24) is 20.8 Å². The van der Waals surface area contributed by atoms with E-state index in [9.17, 15) is 4.79 Å². The lowest BCUT2D eigenvalue weighted by Gasteiger charge is -2.23. The summed E-state index contributed by atoms with van der Waals surface area (Å²) in [6, 6.07) is 7.71. The number of aryl methyl sites for hydroxylation is 1. The highest BCUT2D eigenvalue weighted by molar-refractivity contribution is 5.85. The van der Waals surface area contributed by atoms with Gasteiger partial charge in [0, 0.05) is 24.4 Å². The number of ether oxygens (including phenoxy) is 1. The number of benzene rings is 1. The van der Waals surface area contributed by atoms with Crippen molar-refractivity contribution in [2.24, 2.45) is 0 Å². The van der Waals surface area contributed by atoms with Gasteiger partial charge < -0.3 is 19.9 Å². The quantitative estimate of drug-likeness (QED) is 0.812. The monoisotopic (exact) mass is 366 g/mol. The molecule has 0 aliphatic carbocycles. The van der Waals surface area contributed by atoms with Crippen LogP contribution in [0, 0.1) is 0 Å². The number of nitrogens with zero attached hydrogens (tertiary/aromatic N) is 2. The fourth-order valence-corrected chi connectivity index (χ4v) is 2.70. The summed E-state index contributed by atoms with van der Waals surface area (Å²) in [5.41, 5.74) is 0.852. The van der Waals surface area contributed by atoms with Crippen molar-refractivity contribution < 1.29 is 14.1 Å². The van der Waals surface area contributed by atoms with Gasteiger partial charge >= 0.3 is 0 Å². The van der Waals surface area contributed by atoms with E-state index in [1.54, 1.807) is 7.11 Å². The summed E-state index contributed by atoms with van der Waals surface area (Å²) >= 11 is 0. The normalized spacial score (nSPS) is 14.6. The summed E-state index contributed by atoms with van der Waals surface area (Å²) in [5.74, 6) is 1.80. The van der Waals surface area contributed by atoms with Gasteiger partial charge in [-0.25, -0.2) is 0 Å². The second kappa shape index (κ2) is 9.39. The van der Waals surface area contributed by atoms with Crippen molar-refractivity contribution in [3.8, 4) is 17.1 Å². The van der Waals surface area contributed by atoms with Gasteiger partial charge in [-0.15, -0.1) is 12.4 Å². The Labute approximate surface area is 152 Å². The first kappa shape index (κ1) is 19.2. The average molecular weight is 367 g/mol.